The molecule has 4 heteroatoms. The first-order valence-corrected chi connectivity index (χ1v) is 7.33. The van der Waals surface area contributed by atoms with E-state index < -0.39 is 0 Å². The highest BCUT2D eigenvalue weighted by molar-refractivity contribution is 7.98. The number of rotatable bonds is 5. The van der Waals surface area contributed by atoms with Crippen LogP contribution >= 0.6 is 11.8 Å². The maximum absolute atomic E-state index is 12.6. The fourth-order valence-corrected chi connectivity index (χ4v) is 2.56. The Hall–Kier alpha value is -1.94. The van der Waals surface area contributed by atoms with Crippen LogP contribution in [0.1, 0.15) is 15.9 Å². The summed E-state index contributed by atoms with van der Waals surface area (Å²) in [7, 11) is 3.13. The highest BCUT2D eigenvalue weighted by Gasteiger charge is 2.15. The van der Waals surface area contributed by atoms with Crippen molar-refractivity contribution < 1.29 is 14.3 Å². The van der Waals surface area contributed by atoms with Crippen molar-refractivity contribution in [2.75, 3.05) is 20.5 Å². The van der Waals surface area contributed by atoms with Gasteiger partial charge in [0.05, 0.1) is 14.2 Å². The number of ether oxygens (including phenoxy) is 2. The molecule has 2 aromatic rings. The van der Waals surface area contributed by atoms with Crippen LogP contribution in [0.25, 0.3) is 0 Å². The lowest BCUT2D eigenvalue weighted by atomic mass is 10.0. The smallest absolute Gasteiger partial charge is 0.194 e. The van der Waals surface area contributed by atoms with Crippen LogP contribution in [-0.4, -0.2) is 26.3 Å². The number of methoxy groups -OCH3 is 2. The zero-order valence-corrected chi connectivity index (χ0v) is 12.5. The molecular weight excluding hydrogens is 272 g/mol. The third kappa shape index (κ3) is 2.80. The number of thioether (sulfide) groups is 1. The van der Waals surface area contributed by atoms with E-state index in [1.54, 1.807) is 44.2 Å². The Bertz CT molecular complexity index is 623. The van der Waals surface area contributed by atoms with Crippen molar-refractivity contribution in [3.8, 4) is 11.5 Å². The molecule has 0 aliphatic rings. The summed E-state index contributed by atoms with van der Waals surface area (Å²) in [5.41, 5.74) is 1.29. The summed E-state index contributed by atoms with van der Waals surface area (Å²) >= 11 is 1.56. The van der Waals surface area contributed by atoms with Crippen LogP contribution in [0.15, 0.2) is 47.4 Å². The van der Waals surface area contributed by atoms with Gasteiger partial charge in [-0.25, -0.2) is 0 Å². The lowest BCUT2D eigenvalue weighted by Gasteiger charge is -2.10. The topological polar surface area (TPSA) is 35.5 Å². The van der Waals surface area contributed by atoms with Crippen molar-refractivity contribution in [1.29, 1.82) is 0 Å². The van der Waals surface area contributed by atoms with E-state index in [1.807, 2.05) is 30.5 Å². The molecule has 2 aromatic carbocycles. The molecule has 104 valence electrons. The monoisotopic (exact) mass is 288 g/mol. The van der Waals surface area contributed by atoms with Gasteiger partial charge in [0.15, 0.2) is 17.3 Å². The van der Waals surface area contributed by atoms with Gasteiger partial charge in [-0.15, -0.1) is 11.8 Å². The minimum Gasteiger partial charge on any atom is -0.493 e. The fraction of sp³-hybridized carbons (Fsp3) is 0.188. The van der Waals surface area contributed by atoms with Gasteiger partial charge in [0, 0.05) is 16.0 Å². The van der Waals surface area contributed by atoms with E-state index in [9.17, 15) is 4.79 Å². The van der Waals surface area contributed by atoms with E-state index in [1.165, 1.54) is 0 Å². The minimum atomic E-state index is -0.0177. The van der Waals surface area contributed by atoms with Gasteiger partial charge < -0.3 is 9.47 Å². The average molecular weight is 288 g/mol. The van der Waals surface area contributed by atoms with Gasteiger partial charge in [0.25, 0.3) is 0 Å². The Morgan fingerprint density at radius 2 is 1.70 bits per heavy atom. The largest absolute Gasteiger partial charge is 0.493 e. The predicted octanol–water partition coefficient (Wildman–Crippen LogP) is 3.66. The van der Waals surface area contributed by atoms with Crippen molar-refractivity contribution in [3.63, 3.8) is 0 Å². The zero-order valence-electron chi connectivity index (χ0n) is 11.7. The van der Waals surface area contributed by atoms with Gasteiger partial charge in [0.2, 0.25) is 0 Å². The van der Waals surface area contributed by atoms with Crippen molar-refractivity contribution in [2.45, 2.75) is 4.90 Å². The summed E-state index contributed by atoms with van der Waals surface area (Å²) in [5.74, 6) is 1.15. The highest BCUT2D eigenvalue weighted by atomic mass is 32.2. The van der Waals surface area contributed by atoms with Gasteiger partial charge in [-0.3, -0.25) is 4.79 Å². The maximum Gasteiger partial charge on any atom is 0.194 e. The number of hydrogen-bond acceptors (Lipinski definition) is 4. The van der Waals surface area contributed by atoms with E-state index >= 15 is 0 Å². The van der Waals surface area contributed by atoms with Crippen LogP contribution in [0.4, 0.5) is 0 Å². The van der Waals surface area contributed by atoms with Crippen LogP contribution in [0, 0.1) is 0 Å². The highest BCUT2D eigenvalue weighted by Crippen LogP contribution is 2.30. The Morgan fingerprint density at radius 1 is 1.00 bits per heavy atom. The third-order valence-electron chi connectivity index (χ3n) is 3.00. The minimum absolute atomic E-state index is 0.0177. The standard InChI is InChI=1S/C16H16O3S/c1-18-13-9-8-11(10-14(13)19-2)16(17)12-6-4-5-7-15(12)20-3/h4-10H,1-3H3. The molecule has 0 unspecified atom stereocenters. The van der Waals surface area contributed by atoms with Crippen LogP contribution in [0.5, 0.6) is 11.5 Å². The second-order valence-electron chi connectivity index (χ2n) is 4.10. The van der Waals surface area contributed by atoms with Gasteiger partial charge in [-0.05, 0) is 36.6 Å². The van der Waals surface area contributed by atoms with Crippen LogP contribution in [0.3, 0.4) is 0 Å². The Morgan fingerprint density at radius 3 is 2.35 bits per heavy atom. The molecule has 3 nitrogen and oxygen atoms in total. The number of carbonyl (C=O) groups is 1. The summed E-state index contributed by atoms with van der Waals surface area (Å²) in [4.78, 5) is 13.5. The predicted molar refractivity (Wildman–Crippen MR) is 81.2 cm³/mol. The van der Waals surface area contributed by atoms with Gasteiger partial charge >= 0.3 is 0 Å². The van der Waals surface area contributed by atoms with E-state index in [2.05, 4.69) is 0 Å². The third-order valence-corrected chi connectivity index (χ3v) is 3.79. The lowest BCUT2D eigenvalue weighted by Crippen LogP contribution is -2.04. The molecule has 0 aromatic heterocycles. The van der Waals surface area contributed by atoms with Crippen molar-refractivity contribution in [2.24, 2.45) is 0 Å². The molecule has 0 heterocycles. The van der Waals surface area contributed by atoms with Crippen LogP contribution in [-0.2, 0) is 0 Å². The lowest BCUT2D eigenvalue weighted by molar-refractivity contribution is 0.103. The van der Waals surface area contributed by atoms with Crippen molar-refractivity contribution >= 4 is 17.5 Å². The number of hydrogen-bond donors (Lipinski definition) is 0. The van der Waals surface area contributed by atoms with Crippen LogP contribution in [0.2, 0.25) is 0 Å². The Balaban J connectivity index is 2.43. The number of carbonyl (C=O) groups excluding carboxylic acids is 1. The fourth-order valence-electron chi connectivity index (χ4n) is 1.97. The molecule has 0 radical (unpaired) electrons. The molecule has 0 saturated carbocycles. The summed E-state index contributed by atoms with van der Waals surface area (Å²) in [5, 5.41) is 0. The number of benzene rings is 2. The Kier molecular flexibility index (Phi) is 4.69. The molecule has 0 spiro atoms. The molecule has 0 bridgehead atoms. The van der Waals surface area contributed by atoms with Crippen LogP contribution < -0.4 is 9.47 Å². The van der Waals surface area contributed by atoms with Gasteiger partial charge in [-0.2, -0.15) is 0 Å². The van der Waals surface area contributed by atoms with E-state index in [0.29, 0.717) is 22.6 Å². The SMILES string of the molecule is COc1ccc(C(=O)c2ccccc2SC)cc1OC. The summed E-state index contributed by atoms with van der Waals surface area (Å²) in [6, 6.07) is 12.8. The molecule has 0 saturated heterocycles. The molecule has 0 atom stereocenters. The van der Waals surface area contributed by atoms with Gasteiger partial charge in [-0.1, -0.05) is 12.1 Å². The molecule has 0 N–H and O–H groups in total. The average Bonchev–Trinajstić information content (AvgIpc) is 2.53. The summed E-state index contributed by atoms with van der Waals surface area (Å²) < 4.78 is 10.4. The molecule has 0 fully saturated rings. The van der Waals surface area contributed by atoms with E-state index in [4.69, 9.17) is 9.47 Å². The first-order chi connectivity index (χ1) is 9.71. The Labute approximate surface area is 122 Å². The van der Waals surface area contributed by atoms with E-state index in [-0.39, 0.29) is 5.78 Å². The second-order valence-corrected chi connectivity index (χ2v) is 4.95. The molecule has 0 aliphatic carbocycles. The molecule has 20 heavy (non-hydrogen) atoms. The second kappa shape index (κ2) is 6.48. The van der Waals surface area contributed by atoms with E-state index in [0.717, 1.165) is 4.90 Å². The summed E-state index contributed by atoms with van der Waals surface area (Å²) in [6.45, 7) is 0. The molecular formula is C16H16O3S. The van der Waals surface area contributed by atoms with Crippen molar-refractivity contribution in [1.82, 2.24) is 0 Å². The molecule has 0 amide bonds. The molecule has 0 aliphatic heterocycles. The quantitative estimate of drug-likeness (QED) is 0.621. The first kappa shape index (κ1) is 14.5. The molecule has 2 rings (SSSR count). The zero-order chi connectivity index (χ0) is 14.5. The summed E-state index contributed by atoms with van der Waals surface area (Å²) in [6.07, 6.45) is 1.96. The number of ketones is 1. The first-order valence-electron chi connectivity index (χ1n) is 6.11. The maximum atomic E-state index is 12.6. The van der Waals surface area contributed by atoms with Crippen molar-refractivity contribution in [3.05, 3.63) is 53.6 Å². The normalized spacial score (nSPS) is 10.2. The van der Waals surface area contributed by atoms with Gasteiger partial charge in [0.1, 0.15) is 0 Å².